The first-order chi connectivity index (χ1) is 7.16. The van der Waals surface area contributed by atoms with Crippen molar-refractivity contribution in [3.63, 3.8) is 0 Å². The maximum Gasteiger partial charge on any atom is 0.0178 e. The van der Waals surface area contributed by atoms with Crippen molar-refractivity contribution in [2.75, 3.05) is 20.6 Å². The van der Waals surface area contributed by atoms with Crippen LogP contribution < -0.4 is 0 Å². The first-order valence-corrected chi connectivity index (χ1v) is 6.39. The molecule has 0 saturated carbocycles. The van der Waals surface area contributed by atoms with Gasteiger partial charge in [-0.25, -0.2) is 0 Å². The Morgan fingerprint density at radius 2 is 2.20 bits per heavy atom. The molecule has 1 aromatic rings. The highest BCUT2D eigenvalue weighted by molar-refractivity contribution is 9.10. The smallest absolute Gasteiger partial charge is 0.0178 e. The molecule has 0 amide bonds. The van der Waals surface area contributed by atoms with Crippen LogP contribution in [0.4, 0.5) is 0 Å². The highest BCUT2D eigenvalue weighted by atomic mass is 79.9. The van der Waals surface area contributed by atoms with Gasteiger partial charge in [0.1, 0.15) is 0 Å². The number of benzene rings is 1. The predicted molar refractivity (Wildman–Crippen MR) is 68.4 cm³/mol. The number of halogens is 1. The minimum Gasteiger partial charge on any atom is -0.309 e. The molecular formula is C13H18BrN. The normalized spacial score (nSPS) is 20.4. The number of nitrogens with zero attached hydrogens (tertiary/aromatic N) is 1. The second-order valence-electron chi connectivity index (χ2n) is 4.69. The third-order valence-corrected chi connectivity index (χ3v) is 3.62. The molecule has 1 aromatic carbocycles. The van der Waals surface area contributed by atoms with E-state index in [1.807, 2.05) is 0 Å². The molecule has 1 aliphatic rings. The van der Waals surface area contributed by atoms with Crippen molar-refractivity contribution < 1.29 is 0 Å². The summed E-state index contributed by atoms with van der Waals surface area (Å²) in [6.07, 6.45) is 3.92. The van der Waals surface area contributed by atoms with Gasteiger partial charge in [-0.1, -0.05) is 22.0 Å². The van der Waals surface area contributed by atoms with Crippen LogP contribution in [0, 0.1) is 0 Å². The summed E-state index contributed by atoms with van der Waals surface area (Å²) in [5.74, 6) is 0.733. The van der Waals surface area contributed by atoms with E-state index in [1.54, 1.807) is 11.1 Å². The molecule has 82 valence electrons. The van der Waals surface area contributed by atoms with Crippen LogP contribution in [0.15, 0.2) is 22.7 Å². The van der Waals surface area contributed by atoms with E-state index in [4.69, 9.17) is 0 Å². The van der Waals surface area contributed by atoms with E-state index in [0.29, 0.717) is 0 Å². The molecule has 0 aromatic heterocycles. The molecular weight excluding hydrogens is 250 g/mol. The fraction of sp³-hybridized carbons (Fsp3) is 0.538. The molecule has 0 heterocycles. The zero-order valence-electron chi connectivity index (χ0n) is 9.46. The van der Waals surface area contributed by atoms with Crippen LogP contribution in [0.1, 0.15) is 29.9 Å². The van der Waals surface area contributed by atoms with Gasteiger partial charge in [0, 0.05) is 11.0 Å². The molecule has 0 spiro atoms. The van der Waals surface area contributed by atoms with E-state index in [0.717, 1.165) is 5.92 Å². The lowest BCUT2D eigenvalue weighted by Crippen LogP contribution is -2.23. The largest absolute Gasteiger partial charge is 0.309 e. The summed E-state index contributed by atoms with van der Waals surface area (Å²) in [5, 5.41) is 0. The molecule has 15 heavy (non-hydrogen) atoms. The van der Waals surface area contributed by atoms with E-state index in [1.165, 1.54) is 30.3 Å². The summed E-state index contributed by atoms with van der Waals surface area (Å²) in [4.78, 5) is 2.29. The van der Waals surface area contributed by atoms with Crippen LogP contribution in [-0.4, -0.2) is 25.5 Å². The minimum absolute atomic E-state index is 0.733. The number of aryl methyl sites for hydroxylation is 1. The Labute approximate surface area is 101 Å². The lowest BCUT2D eigenvalue weighted by Gasteiger charge is -2.28. The summed E-state index contributed by atoms with van der Waals surface area (Å²) in [7, 11) is 4.32. The lowest BCUT2D eigenvalue weighted by molar-refractivity contribution is 0.352. The summed E-state index contributed by atoms with van der Waals surface area (Å²) in [5.41, 5.74) is 3.11. The van der Waals surface area contributed by atoms with Crippen molar-refractivity contribution in [3.05, 3.63) is 33.8 Å². The van der Waals surface area contributed by atoms with Crippen LogP contribution >= 0.6 is 15.9 Å². The molecule has 0 N–H and O–H groups in total. The lowest BCUT2D eigenvalue weighted by atomic mass is 9.83. The van der Waals surface area contributed by atoms with Crippen LogP contribution in [0.25, 0.3) is 0 Å². The maximum absolute atomic E-state index is 3.55. The first-order valence-electron chi connectivity index (χ1n) is 5.60. The molecule has 1 aliphatic carbocycles. The highest BCUT2D eigenvalue weighted by Gasteiger charge is 2.20. The van der Waals surface area contributed by atoms with Crippen molar-refractivity contribution >= 4 is 15.9 Å². The Hall–Kier alpha value is -0.340. The molecule has 0 aliphatic heterocycles. The van der Waals surface area contributed by atoms with Crippen LogP contribution in [0.5, 0.6) is 0 Å². The van der Waals surface area contributed by atoms with Crippen LogP contribution in [0.2, 0.25) is 0 Å². The summed E-state index contributed by atoms with van der Waals surface area (Å²) in [6.45, 7) is 1.18. The quantitative estimate of drug-likeness (QED) is 0.794. The first kappa shape index (κ1) is 11.2. The van der Waals surface area contributed by atoms with Gasteiger partial charge < -0.3 is 4.90 Å². The van der Waals surface area contributed by atoms with Gasteiger partial charge in [-0.2, -0.15) is 0 Å². The number of hydrogen-bond donors (Lipinski definition) is 0. The predicted octanol–water partition coefficient (Wildman–Crippen LogP) is 3.43. The second kappa shape index (κ2) is 4.67. The summed E-state index contributed by atoms with van der Waals surface area (Å²) >= 11 is 3.55. The molecule has 0 bridgehead atoms. The van der Waals surface area contributed by atoms with Gasteiger partial charge in [0.15, 0.2) is 0 Å². The van der Waals surface area contributed by atoms with E-state index in [2.05, 4.69) is 53.1 Å². The SMILES string of the molecule is CN(C)CC1CCCc2cc(Br)ccc21. The fourth-order valence-corrected chi connectivity index (χ4v) is 2.92. The minimum atomic E-state index is 0.733. The molecule has 1 nitrogen and oxygen atoms in total. The van der Waals surface area contributed by atoms with E-state index in [9.17, 15) is 0 Å². The Kier molecular flexibility index (Phi) is 3.47. The molecule has 1 unspecified atom stereocenters. The molecule has 1 atom stereocenters. The zero-order chi connectivity index (χ0) is 10.8. The molecule has 0 fully saturated rings. The molecule has 2 rings (SSSR count). The Morgan fingerprint density at radius 1 is 1.40 bits per heavy atom. The number of fused-ring (bicyclic) bond motifs is 1. The van der Waals surface area contributed by atoms with Gasteiger partial charge >= 0.3 is 0 Å². The maximum atomic E-state index is 3.55. The summed E-state index contributed by atoms with van der Waals surface area (Å²) < 4.78 is 1.21. The van der Waals surface area contributed by atoms with Gasteiger partial charge in [0.05, 0.1) is 0 Å². The summed E-state index contributed by atoms with van der Waals surface area (Å²) in [6, 6.07) is 6.76. The third-order valence-electron chi connectivity index (χ3n) is 3.13. The standard InChI is InChI=1S/C13H18BrN/c1-15(2)9-11-5-3-4-10-8-12(14)6-7-13(10)11/h6-8,11H,3-5,9H2,1-2H3. The number of hydrogen-bond acceptors (Lipinski definition) is 1. The van der Waals surface area contributed by atoms with Gasteiger partial charge in [-0.3, -0.25) is 0 Å². The Morgan fingerprint density at radius 3 is 2.93 bits per heavy atom. The second-order valence-corrected chi connectivity index (χ2v) is 5.61. The van der Waals surface area contributed by atoms with Gasteiger partial charge in [0.25, 0.3) is 0 Å². The Balaban J connectivity index is 2.26. The van der Waals surface area contributed by atoms with Gasteiger partial charge in [-0.15, -0.1) is 0 Å². The zero-order valence-corrected chi connectivity index (χ0v) is 11.0. The average molecular weight is 268 g/mol. The van der Waals surface area contributed by atoms with Crippen LogP contribution in [0.3, 0.4) is 0 Å². The van der Waals surface area contributed by atoms with E-state index < -0.39 is 0 Å². The number of rotatable bonds is 2. The van der Waals surface area contributed by atoms with Crippen LogP contribution in [-0.2, 0) is 6.42 Å². The van der Waals surface area contributed by atoms with Gasteiger partial charge in [-0.05, 0) is 62.5 Å². The van der Waals surface area contributed by atoms with Crippen molar-refractivity contribution in [2.24, 2.45) is 0 Å². The Bertz CT molecular complexity index is 346. The van der Waals surface area contributed by atoms with Crippen molar-refractivity contribution in [3.8, 4) is 0 Å². The van der Waals surface area contributed by atoms with E-state index in [-0.39, 0.29) is 0 Å². The van der Waals surface area contributed by atoms with Crippen molar-refractivity contribution in [1.82, 2.24) is 4.90 Å². The fourth-order valence-electron chi connectivity index (χ4n) is 2.51. The highest BCUT2D eigenvalue weighted by Crippen LogP contribution is 2.33. The topological polar surface area (TPSA) is 3.24 Å². The molecule has 2 heteroatoms. The third kappa shape index (κ3) is 2.61. The molecule has 0 saturated heterocycles. The van der Waals surface area contributed by atoms with Crippen molar-refractivity contribution in [1.29, 1.82) is 0 Å². The van der Waals surface area contributed by atoms with Gasteiger partial charge in [0.2, 0.25) is 0 Å². The van der Waals surface area contributed by atoms with Crippen molar-refractivity contribution in [2.45, 2.75) is 25.2 Å². The van der Waals surface area contributed by atoms with E-state index >= 15 is 0 Å². The average Bonchev–Trinajstić information content (AvgIpc) is 2.16. The number of likely N-dealkylation sites (N-methyl/N-ethyl adjacent to an activating group) is 1. The molecule has 0 radical (unpaired) electrons. The monoisotopic (exact) mass is 267 g/mol.